The lowest BCUT2D eigenvalue weighted by molar-refractivity contribution is -0.122. The van der Waals surface area contributed by atoms with Gasteiger partial charge < -0.3 is 16.0 Å². The molecule has 2 atom stereocenters. The van der Waals surface area contributed by atoms with E-state index in [0.717, 1.165) is 19.4 Å². The number of carbonyl (C=O) groups is 1. The number of nitrogen functional groups attached to an aromatic ring is 1. The van der Waals surface area contributed by atoms with Gasteiger partial charge in [-0.25, -0.2) is 4.39 Å². The average Bonchev–Trinajstić information content (AvgIpc) is 2.76. The number of nitrogens with one attached hydrogen (secondary N) is 1. The van der Waals surface area contributed by atoms with E-state index in [1.165, 1.54) is 12.1 Å². The van der Waals surface area contributed by atoms with Crippen molar-refractivity contribution >= 4 is 28.9 Å². The lowest BCUT2D eigenvalue weighted by atomic mass is 9.91. The predicted molar refractivity (Wildman–Crippen MR) is 72.7 cm³/mol. The Labute approximate surface area is 115 Å². The van der Waals surface area contributed by atoms with Crippen LogP contribution in [0.3, 0.4) is 0 Å². The number of nitrogens with zero attached hydrogens (tertiary/aromatic N) is 1. The fourth-order valence-corrected chi connectivity index (χ4v) is 3.22. The fraction of sp³-hybridized carbons (Fsp3) is 0.462. The van der Waals surface area contributed by atoms with Crippen LogP contribution in [0.25, 0.3) is 0 Å². The highest BCUT2D eigenvalue weighted by Gasteiger charge is 2.41. The van der Waals surface area contributed by atoms with Crippen molar-refractivity contribution in [3.05, 3.63) is 23.0 Å². The molecule has 2 fully saturated rings. The molecular formula is C13H15ClFN3O. The SMILES string of the molecule is Nc1cc(Cl)c(F)cc1N1CCCC2C(=O)NCC21. The van der Waals surface area contributed by atoms with Crippen LogP contribution < -0.4 is 16.0 Å². The van der Waals surface area contributed by atoms with Crippen LogP contribution in [-0.2, 0) is 4.79 Å². The number of hydrogen-bond acceptors (Lipinski definition) is 3. The van der Waals surface area contributed by atoms with Crippen LogP contribution >= 0.6 is 11.6 Å². The van der Waals surface area contributed by atoms with Crippen LogP contribution in [0.2, 0.25) is 5.02 Å². The second kappa shape index (κ2) is 4.56. The van der Waals surface area contributed by atoms with E-state index in [1.54, 1.807) is 0 Å². The highest BCUT2D eigenvalue weighted by Crippen LogP contribution is 2.36. The van der Waals surface area contributed by atoms with Gasteiger partial charge in [0.1, 0.15) is 5.82 Å². The molecule has 2 aliphatic heterocycles. The van der Waals surface area contributed by atoms with Crippen molar-refractivity contribution in [1.82, 2.24) is 5.32 Å². The molecule has 2 saturated heterocycles. The highest BCUT2D eigenvalue weighted by molar-refractivity contribution is 6.31. The molecule has 0 bridgehead atoms. The highest BCUT2D eigenvalue weighted by atomic mass is 35.5. The van der Waals surface area contributed by atoms with Gasteiger partial charge in [0.2, 0.25) is 5.91 Å². The van der Waals surface area contributed by atoms with Crippen LogP contribution in [-0.4, -0.2) is 25.0 Å². The first-order valence-electron chi connectivity index (χ1n) is 6.37. The maximum atomic E-state index is 13.6. The summed E-state index contributed by atoms with van der Waals surface area (Å²) in [6.07, 6.45) is 1.78. The number of anilines is 2. The first-order valence-corrected chi connectivity index (χ1v) is 6.74. The molecule has 2 unspecified atom stereocenters. The van der Waals surface area contributed by atoms with Gasteiger partial charge in [-0.1, -0.05) is 11.6 Å². The molecule has 0 aliphatic carbocycles. The van der Waals surface area contributed by atoms with E-state index in [4.69, 9.17) is 17.3 Å². The molecule has 3 N–H and O–H groups in total. The monoisotopic (exact) mass is 283 g/mol. The van der Waals surface area contributed by atoms with E-state index >= 15 is 0 Å². The van der Waals surface area contributed by atoms with Crippen molar-refractivity contribution in [3.8, 4) is 0 Å². The smallest absolute Gasteiger partial charge is 0.225 e. The summed E-state index contributed by atoms with van der Waals surface area (Å²) >= 11 is 5.72. The molecule has 19 heavy (non-hydrogen) atoms. The molecule has 4 nitrogen and oxygen atoms in total. The third-order valence-corrected chi connectivity index (χ3v) is 4.27. The van der Waals surface area contributed by atoms with Crippen LogP contribution in [0.15, 0.2) is 12.1 Å². The quantitative estimate of drug-likeness (QED) is 0.773. The predicted octanol–water partition coefficient (Wildman–Crippen LogP) is 1.78. The maximum absolute atomic E-state index is 13.6. The van der Waals surface area contributed by atoms with Gasteiger partial charge in [0.15, 0.2) is 0 Å². The van der Waals surface area contributed by atoms with E-state index < -0.39 is 5.82 Å². The summed E-state index contributed by atoms with van der Waals surface area (Å²) in [5.41, 5.74) is 7.02. The summed E-state index contributed by atoms with van der Waals surface area (Å²) < 4.78 is 13.6. The van der Waals surface area contributed by atoms with E-state index in [9.17, 15) is 9.18 Å². The second-order valence-electron chi connectivity index (χ2n) is 5.08. The molecular weight excluding hydrogens is 269 g/mol. The molecule has 6 heteroatoms. The second-order valence-corrected chi connectivity index (χ2v) is 5.49. The lowest BCUT2D eigenvalue weighted by Gasteiger charge is -2.38. The van der Waals surface area contributed by atoms with Gasteiger partial charge in [-0.15, -0.1) is 0 Å². The molecule has 0 spiro atoms. The van der Waals surface area contributed by atoms with Gasteiger partial charge in [0.05, 0.1) is 28.4 Å². The largest absolute Gasteiger partial charge is 0.397 e. The van der Waals surface area contributed by atoms with Gasteiger partial charge in [-0.2, -0.15) is 0 Å². The lowest BCUT2D eigenvalue weighted by Crippen LogP contribution is -2.46. The number of benzene rings is 1. The Kier molecular flexibility index (Phi) is 3.01. The number of rotatable bonds is 1. The molecule has 1 amide bonds. The van der Waals surface area contributed by atoms with E-state index in [0.29, 0.717) is 17.9 Å². The van der Waals surface area contributed by atoms with E-state index in [1.807, 2.05) is 4.90 Å². The number of amides is 1. The Morgan fingerprint density at radius 2 is 2.26 bits per heavy atom. The summed E-state index contributed by atoms with van der Waals surface area (Å²) in [5.74, 6) is -0.417. The van der Waals surface area contributed by atoms with Crippen molar-refractivity contribution < 1.29 is 9.18 Å². The molecule has 3 rings (SSSR count). The fourth-order valence-electron chi connectivity index (χ4n) is 3.05. The zero-order valence-corrected chi connectivity index (χ0v) is 11.1. The summed E-state index contributed by atoms with van der Waals surface area (Å²) in [5, 5.41) is 2.89. The van der Waals surface area contributed by atoms with Crippen molar-refractivity contribution in [2.75, 3.05) is 23.7 Å². The summed E-state index contributed by atoms with van der Waals surface area (Å²) in [6.45, 7) is 1.37. The molecule has 1 aromatic rings. The Bertz CT molecular complexity index is 537. The Morgan fingerprint density at radius 3 is 3.05 bits per heavy atom. The minimum Gasteiger partial charge on any atom is -0.397 e. The Hall–Kier alpha value is -1.49. The minimum absolute atomic E-state index is 0.0214. The van der Waals surface area contributed by atoms with Gasteiger partial charge in [-0.3, -0.25) is 4.79 Å². The minimum atomic E-state index is -0.481. The van der Waals surface area contributed by atoms with Gasteiger partial charge in [-0.05, 0) is 18.9 Å². The van der Waals surface area contributed by atoms with Crippen LogP contribution in [0.4, 0.5) is 15.8 Å². The van der Waals surface area contributed by atoms with Crippen molar-refractivity contribution in [2.24, 2.45) is 5.92 Å². The van der Waals surface area contributed by atoms with Crippen molar-refractivity contribution in [3.63, 3.8) is 0 Å². The number of carbonyl (C=O) groups excluding carboxylic acids is 1. The standard InChI is InChI=1S/C13H15ClFN3O/c14-8-4-10(16)11(5-9(8)15)18-3-1-2-7-12(18)6-17-13(7)19/h4-5,7,12H,1-3,6,16H2,(H,17,19). The number of halogens is 2. The molecule has 102 valence electrons. The van der Waals surface area contributed by atoms with Crippen molar-refractivity contribution in [2.45, 2.75) is 18.9 Å². The number of nitrogens with two attached hydrogens (primary N) is 1. The molecule has 0 aromatic heterocycles. The molecule has 0 saturated carbocycles. The number of piperidine rings is 1. The first-order chi connectivity index (χ1) is 9.08. The van der Waals surface area contributed by atoms with Crippen LogP contribution in [0, 0.1) is 11.7 Å². The summed E-state index contributed by atoms with van der Waals surface area (Å²) in [4.78, 5) is 13.8. The Balaban J connectivity index is 1.97. The van der Waals surface area contributed by atoms with E-state index in [2.05, 4.69) is 5.32 Å². The summed E-state index contributed by atoms with van der Waals surface area (Å²) in [7, 11) is 0. The van der Waals surface area contributed by atoms with Crippen LogP contribution in [0.5, 0.6) is 0 Å². The molecule has 0 radical (unpaired) electrons. The molecule has 2 heterocycles. The van der Waals surface area contributed by atoms with E-state index in [-0.39, 0.29) is 22.9 Å². The Morgan fingerprint density at radius 1 is 1.47 bits per heavy atom. The van der Waals surface area contributed by atoms with Gasteiger partial charge in [0.25, 0.3) is 0 Å². The number of hydrogen-bond donors (Lipinski definition) is 2. The topological polar surface area (TPSA) is 58.4 Å². The molecule has 2 aliphatic rings. The zero-order valence-electron chi connectivity index (χ0n) is 10.3. The van der Waals surface area contributed by atoms with Crippen LogP contribution in [0.1, 0.15) is 12.8 Å². The van der Waals surface area contributed by atoms with Gasteiger partial charge in [0, 0.05) is 19.2 Å². The number of fused-ring (bicyclic) bond motifs is 1. The molecule has 1 aromatic carbocycles. The normalized spacial score (nSPS) is 26.2. The summed E-state index contributed by atoms with van der Waals surface area (Å²) in [6, 6.07) is 2.85. The van der Waals surface area contributed by atoms with Gasteiger partial charge >= 0.3 is 0 Å². The third-order valence-electron chi connectivity index (χ3n) is 3.98. The maximum Gasteiger partial charge on any atom is 0.225 e. The van der Waals surface area contributed by atoms with Crippen molar-refractivity contribution in [1.29, 1.82) is 0 Å². The third kappa shape index (κ3) is 2.02. The zero-order chi connectivity index (χ0) is 13.6. The average molecular weight is 284 g/mol. The first kappa shape index (κ1) is 12.5.